The van der Waals surface area contributed by atoms with Crippen LogP contribution in [0.1, 0.15) is 43.4 Å². The van der Waals surface area contributed by atoms with Crippen LogP contribution in [0.15, 0.2) is 15.9 Å². The fraction of sp³-hybridized carbons (Fsp3) is 0.615. The Labute approximate surface area is 120 Å². The van der Waals surface area contributed by atoms with Crippen LogP contribution in [0.5, 0.6) is 0 Å². The second kappa shape index (κ2) is 6.17. The van der Waals surface area contributed by atoms with Crippen molar-refractivity contribution in [1.82, 2.24) is 5.32 Å². The summed E-state index contributed by atoms with van der Waals surface area (Å²) >= 11 is 5.00. The van der Waals surface area contributed by atoms with Gasteiger partial charge in [-0.3, -0.25) is 4.79 Å². The molecule has 0 atom stereocenters. The highest BCUT2D eigenvalue weighted by atomic mass is 79.9. The predicted octanol–water partition coefficient (Wildman–Crippen LogP) is 3.21. The summed E-state index contributed by atoms with van der Waals surface area (Å²) in [6.45, 7) is 0.547. The van der Waals surface area contributed by atoms with Gasteiger partial charge in [0.25, 0.3) is 0 Å². The topological polar surface area (TPSA) is 49.3 Å². The lowest BCUT2D eigenvalue weighted by molar-refractivity contribution is -0.127. The van der Waals surface area contributed by atoms with Crippen molar-refractivity contribution in [2.24, 2.45) is 0 Å². The number of carbonyl (C=O) groups is 1. The van der Waals surface area contributed by atoms with Gasteiger partial charge in [0.15, 0.2) is 0 Å². The molecule has 1 aromatic heterocycles. The molecule has 2 N–H and O–H groups in total. The molecule has 0 aliphatic heterocycles. The first-order valence-electron chi connectivity index (χ1n) is 6.29. The molecule has 0 aromatic carbocycles. The highest BCUT2D eigenvalue weighted by molar-refractivity contribution is 9.10. The lowest BCUT2D eigenvalue weighted by atomic mass is 9.82. The first-order chi connectivity index (χ1) is 8.57. The SMILES string of the molecule is O=C(CC1(O)CCCCC1)NCc1cc(Br)cs1. The van der Waals surface area contributed by atoms with Crippen LogP contribution in [0, 0.1) is 0 Å². The van der Waals surface area contributed by atoms with Crippen molar-refractivity contribution in [3.05, 3.63) is 20.8 Å². The van der Waals surface area contributed by atoms with Gasteiger partial charge in [0, 0.05) is 14.7 Å². The summed E-state index contributed by atoms with van der Waals surface area (Å²) in [5.74, 6) is -0.0519. The number of carbonyl (C=O) groups excluding carboxylic acids is 1. The zero-order valence-corrected chi connectivity index (χ0v) is 12.6. The minimum Gasteiger partial charge on any atom is -0.389 e. The average molecular weight is 332 g/mol. The Kier molecular flexibility index (Phi) is 4.81. The molecule has 1 heterocycles. The number of halogens is 1. The Morgan fingerprint density at radius 1 is 1.44 bits per heavy atom. The molecule has 100 valence electrons. The first-order valence-corrected chi connectivity index (χ1v) is 7.97. The summed E-state index contributed by atoms with van der Waals surface area (Å²) < 4.78 is 1.04. The molecular formula is C13H18BrNO2S. The summed E-state index contributed by atoms with van der Waals surface area (Å²) in [5, 5.41) is 15.1. The van der Waals surface area contributed by atoms with Crippen LogP contribution in [-0.4, -0.2) is 16.6 Å². The first kappa shape index (κ1) is 14.0. The number of amides is 1. The molecule has 1 saturated carbocycles. The third-order valence-corrected chi connectivity index (χ3v) is 5.05. The second-order valence-electron chi connectivity index (χ2n) is 4.97. The molecule has 1 fully saturated rings. The van der Waals surface area contributed by atoms with E-state index in [0.717, 1.165) is 35.0 Å². The van der Waals surface area contributed by atoms with E-state index in [9.17, 15) is 9.90 Å². The van der Waals surface area contributed by atoms with Crippen LogP contribution in [0.3, 0.4) is 0 Å². The highest BCUT2D eigenvalue weighted by Gasteiger charge is 2.31. The standard InChI is InChI=1S/C13H18BrNO2S/c14-10-6-11(18-9-10)8-15-12(16)7-13(17)4-2-1-3-5-13/h6,9,17H,1-5,7-8H2,(H,15,16). The van der Waals surface area contributed by atoms with Gasteiger partial charge in [0.05, 0.1) is 18.6 Å². The summed E-state index contributed by atoms with van der Waals surface area (Å²) in [6, 6.07) is 2.00. The summed E-state index contributed by atoms with van der Waals surface area (Å²) in [5.41, 5.74) is -0.766. The highest BCUT2D eigenvalue weighted by Crippen LogP contribution is 2.30. The fourth-order valence-corrected chi connectivity index (χ4v) is 3.77. The Bertz CT molecular complexity index is 413. The molecule has 1 amide bonds. The van der Waals surface area contributed by atoms with Gasteiger partial charge in [-0.25, -0.2) is 0 Å². The summed E-state index contributed by atoms with van der Waals surface area (Å²) in [4.78, 5) is 12.9. The molecule has 2 rings (SSSR count). The molecule has 0 radical (unpaired) electrons. The van der Waals surface area contributed by atoms with Crippen molar-refractivity contribution in [2.75, 3.05) is 0 Å². The van der Waals surface area contributed by atoms with Crippen LogP contribution in [0.2, 0.25) is 0 Å². The van der Waals surface area contributed by atoms with Crippen molar-refractivity contribution in [3.8, 4) is 0 Å². The van der Waals surface area contributed by atoms with E-state index in [0.29, 0.717) is 6.54 Å². The van der Waals surface area contributed by atoms with Crippen LogP contribution in [0.4, 0.5) is 0 Å². The minimum absolute atomic E-state index is 0.0519. The van der Waals surface area contributed by atoms with Gasteiger partial charge in [-0.15, -0.1) is 11.3 Å². The molecule has 0 spiro atoms. The summed E-state index contributed by atoms with van der Waals surface area (Å²) in [7, 11) is 0. The average Bonchev–Trinajstić information content (AvgIpc) is 2.73. The molecule has 18 heavy (non-hydrogen) atoms. The largest absolute Gasteiger partial charge is 0.389 e. The van der Waals surface area contributed by atoms with Crippen LogP contribution < -0.4 is 5.32 Å². The minimum atomic E-state index is -0.766. The molecule has 5 heteroatoms. The van der Waals surface area contributed by atoms with Crippen LogP contribution in [-0.2, 0) is 11.3 Å². The molecule has 0 saturated heterocycles. The molecule has 1 aliphatic carbocycles. The van der Waals surface area contributed by atoms with Crippen molar-refractivity contribution in [2.45, 2.75) is 50.7 Å². The molecule has 1 aliphatic rings. The smallest absolute Gasteiger partial charge is 0.223 e. The maximum absolute atomic E-state index is 11.8. The number of hydrogen-bond donors (Lipinski definition) is 2. The predicted molar refractivity (Wildman–Crippen MR) is 76.5 cm³/mol. The zero-order chi connectivity index (χ0) is 13.0. The zero-order valence-electron chi connectivity index (χ0n) is 10.2. The third-order valence-electron chi connectivity index (χ3n) is 3.36. The van der Waals surface area contributed by atoms with Crippen molar-refractivity contribution in [3.63, 3.8) is 0 Å². The van der Waals surface area contributed by atoms with E-state index in [-0.39, 0.29) is 12.3 Å². The number of rotatable bonds is 4. The van der Waals surface area contributed by atoms with Gasteiger partial charge in [-0.1, -0.05) is 19.3 Å². The van der Waals surface area contributed by atoms with Gasteiger partial charge < -0.3 is 10.4 Å². The number of aliphatic hydroxyl groups is 1. The van der Waals surface area contributed by atoms with E-state index in [1.54, 1.807) is 11.3 Å². The van der Waals surface area contributed by atoms with E-state index in [1.807, 2.05) is 11.4 Å². The van der Waals surface area contributed by atoms with Crippen molar-refractivity contribution >= 4 is 33.2 Å². The monoisotopic (exact) mass is 331 g/mol. The van der Waals surface area contributed by atoms with Gasteiger partial charge in [0.1, 0.15) is 0 Å². The van der Waals surface area contributed by atoms with E-state index in [4.69, 9.17) is 0 Å². The fourth-order valence-electron chi connectivity index (χ4n) is 2.38. The molecule has 1 aromatic rings. The Balaban J connectivity index is 1.78. The Morgan fingerprint density at radius 3 is 2.78 bits per heavy atom. The lowest BCUT2D eigenvalue weighted by Gasteiger charge is -2.31. The quantitative estimate of drug-likeness (QED) is 0.889. The maximum atomic E-state index is 11.8. The normalized spacial score (nSPS) is 18.6. The molecular weight excluding hydrogens is 314 g/mol. The van der Waals surface area contributed by atoms with Gasteiger partial charge in [-0.2, -0.15) is 0 Å². The second-order valence-corrected chi connectivity index (χ2v) is 6.88. The van der Waals surface area contributed by atoms with E-state index < -0.39 is 5.60 Å². The number of hydrogen-bond acceptors (Lipinski definition) is 3. The van der Waals surface area contributed by atoms with Crippen LogP contribution >= 0.6 is 27.3 Å². The Hall–Kier alpha value is -0.390. The van der Waals surface area contributed by atoms with Gasteiger partial charge in [-0.05, 0) is 34.8 Å². The van der Waals surface area contributed by atoms with E-state index >= 15 is 0 Å². The molecule has 0 bridgehead atoms. The molecule has 0 unspecified atom stereocenters. The maximum Gasteiger partial charge on any atom is 0.223 e. The number of nitrogens with one attached hydrogen (secondary N) is 1. The van der Waals surface area contributed by atoms with Gasteiger partial charge >= 0.3 is 0 Å². The van der Waals surface area contributed by atoms with E-state index in [2.05, 4.69) is 21.2 Å². The molecule has 3 nitrogen and oxygen atoms in total. The number of thiophene rings is 1. The van der Waals surface area contributed by atoms with E-state index in [1.165, 1.54) is 6.42 Å². The van der Waals surface area contributed by atoms with Crippen molar-refractivity contribution in [1.29, 1.82) is 0 Å². The lowest BCUT2D eigenvalue weighted by Crippen LogP contribution is -2.38. The van der Waals surface area contributed by atoms with Crippen LogP contribution in [0.25, 0.3) is 0 Å². The third kappa shape index (κ3) is 4.07. The Morgan fingerprint density at radius 2 is 2.17 bits per heavy atom. The van der Waals surface area contributed by atoms with Crippen molar-refractivity contribution < 1.29 is 9.90 Å². The van der Waals surface area contributed by atoms with Gasteiger partial charge in [0.2, 0.25) is 5.91 Å². The summed E-state index contributed by atoms with van der Waals surface area (Å²) in [6.07, 6.45) is 4.98.